The Balaban J connectivity index is 0.00000318. The normalized spacial score (nSPS) is 10.3. The van der Waals surface area contributed by atoms with Crippen molar-refractivity contribution in [2.45, 2.75) is 197 Å². The van der Waals surface area contributed by atoms with E-state index in [0.29, 0.717) is 0 Å². The van der Waals surface area contributed by atoms with Gasteiger partial charge in [-0.1, -0.05) is 195 Å². The third-order valence-corrected chi connectivity index (χ3v) is 10.5. The minimum atomic E-state index is 1.24. The topological polar surface area (TPSA) is 0 Å². The van der Waals surface area contributed by atoms with Crippen molar-refractivity contribution in [1.29, 1.82) is 0 Å². The zero-order valence-electron chi connectivity index (χ0n) is 32.0. The lowest BCUT2D eigenvalue weighted by Gasteiger charge is -2.02. The van der Waals surface area contributed by atoms with E-state index in [1.807, 2.05) is 64.2 Å². The second kappa shape index (κ2) is 33.5. The average Bonchev–Trinajstić information content (AvgIpc) is 3.80. The maximum Gasteiger partial charge on any atom is 0.0345 e. The van der Waals surface area contributed by atoms with Crippen molar-refractivity contribution in [3.05, 3.63) is 58.3 Å². The largest absolute Gasteiger partial charge is 0.144 e. The van der Waals surface area contributed by atoms with Crippen molar-refractivity contribution in [2.75, 3.05) is 0 Å². The molecule has 0 aliphatic rings. The SMILES string of the molecule is CC.CC.CC.CCCCCCCCCCCCc1csc(-c2ccc(-c3cc(CCCCCCCCCCCC)cs3)cc2)c1. The molecule has 2 heterocycles. The van der Waals surface area contributed by atoms with E-state index >= 15 is 0 Å². The molecule has 0 atom stereocenters. The first kappa shape index (κ1) is 44.6. The Labute approximate surface area is 297 Å². The summed E-state index contributed by atoms with van der Waals surface area (Å²) in [5.41, 5.74) is 5.78. The van der Waals surface area contributed by atoms with Crippen molar-refractivity contribution >= 4 is 22.7 Å². The summed E-state index contributed by atoms with van der Waals surface area (Å²) in [5, 5.41) is 4.77. The van der Waals surface area contributed by atoms with Crippen molar-refractivity contribution in [2.24, 2.45) is 0 Å². The molecule has 1 aromatic carbocycles. The van der Waals surface area contributed by atoms with Crippen molar-refractivity contribution in [3.63, 3.8) is 0 Å². The second-order valence-corrected chi connectivity index (χ2v) is 13.9. The van der Waals surface area contributed by atoms with E-state index in [9.17, 15) is 0 Å². The molecule has 0 spiro atoms. The Morgan fingerprint density at radius 1 is 0.370 bits per heavy atom. The fourth-order valence-electron chi connectivity index (χ4n) is 5.75. The quantitative estimate of drug-likeness (QED) is 0.0833. The van der Waals surface area contributed by atoms with Crippen LogP contribution in [0, 0.1) is 0 Å². The van der Waals surface area contributed by atoms with Gasteiger partial charge in [-0.25, -0.2) is 0 Å². The van der Waals surface area contributed by atoms with Crippen LogP contribution in [-0.4, -0.2) is 0 Å². The van der Waals surface area contributed by atoms with Gasteiger partial charge in [0, 0.05) is 9.75 Å². The first-order valence-electron chi connectivity index (χ1n) is 20.1. The molecule has 3 aromatic rings. The van der Waals surface area contributed by atoms with Crippen LogP contribution in [0.4, 0.5) is 0 Å². The van der Waals surface area contributed by atoms with Crippen molar-refractivity contribution in [1.82, 2.24) is 0 Å². The lowest BCUT2D eigenvalue weighted by Crippen LogP contribution is -1.85. The lowest BCUT2D eigenvalue weighted by molar-refractivity contribution is 0.556. The van der Waals surface area contributed by atoms with Crippen LogP contribution < -0.4 is 0 Å². The van der Waals surface area contributed by atoms with Crippen LogP contribution >= 0.6 is 22.7 Å². The molecule has 46 heavy (non-hydrogen) atoms. The molecule has 0 saturated carbocycles. The van der Waals surface area contributed by atoms with Crippen molar-refractivity contribution in [3.8, 4) is 20.9 Å². The Hall–Kier alpha value is -1.38. The number of aryl methyl sites for hydroxylation is 2. The fourth-order valence-corrected chi connectivity index (χ4v) is 7.66. The molecular weight excluding hydrogens is 593 g/mol. The first-order chi connectivity index (χ1) is 22.8. The van der Waals surface area contributed by atoms with Gasteiger partial charge in [-0.05, 0) is 70.8 Å². The number of thiophene rings is 2. The Morgan fingerprint density at radius 3 is 0.913 bits per heavy atom. The van der Waals surface area contributed by atoms with Gasteiger partial charge in [0.1, 0.15) is 0 Å². The molecule has 0 aliphatic heterocycles. The number of hydrogen-bond donors (Lipinski definition) is 0. The first-order valence-corrected chi connectivity index (χ1v) is 21.8. The summed E-state index contributed by atoms with van der Waals surface area (Å²) in [6.45, 7) is 16.6. The van der Waals surface area contributed by atoms with Gasteiger partial charge in [-0.2, -0.15) is 0 Å². The molecule has 0 radical (unpaired) electrons. The molecule has 3 rings (SSSR count). The summed E-state index contributed by atoms with van der Waals surface area (Å²) in [6, 6.07) is 14.2. The Morgan fingerprint density at radius 2 is 0.630 bits per heavy atom. The fraction of sp³-hybridized carbons (Fsp3) is 0.682. The lowest BCUT2D eigenvalue weighted by atomic mass is 10.0. The summed E-state index contributed by atoms with van der Waals surface area (Å²) in [6.07, 6.45) is 30.7. The molecular formula is C44H76S2. The van der Waals surface area contributed by atoms with Crippen LogP contribution in [0.25, 0.3) is 20.9 Å². The molecule has 0 aliphatic carbocycles. The monoisotopic (exact) mass is 669 g/mol. The van der Waals surface area contributed by atoms with Gasteiger partial charge < -0.3 is 0 Å². The Bertz CT molecular complexity index is 912. The van der Waals surface area contributed by atoms with Gasteiger partial charge in [0.15, 0.2) is 0 Å². The highest BCUT2D eigenvalue weighted by molar-refractivity contribution is 7.14. The van der Waals surface area contributed by atoms with Crippen LogP contribution in [0.5, 0.6) is 0 Å². The maximum atomic E-state index is 2.43. The maximum absolute atomic E-state index is 2.43. The van der Waals surface area contributed by atoms with E-state index in [4.69, 9.17) is 0 Å². The van der Waals surface area contributed by atoms with Crippen LogP contribution in [0.1, 0.15) is 195 Å². The van der Waals surface area contributed by atoms with Gasteiger partial charge >= 0.3 is 0 Å². The number of unbranched alkanes of at least 4 members (excludes halogenated alkanes) is 18. The predicted molar refractivity (Wildman–Crippen MR) is 218 cm³/mol. The number of rotatable bonds is 24. The van der Waals surface area contributed by atoms with E-state index in [2.05, 4.69) is 61.0 Å². The highest BCUT2D eigenvalue weighted by atomic mass is 32.1. The molecule has 2 heteroatoms. The smallest absolute Gasteiger partial charge is 0.0345 e. The van der Waals surface area contributed by atoms with Crippen LogP contribution in [0.2, 0.25) is 0 Å². The second-order valence-electron chi connectivity index (χ2n) is 12.1. The molecule has 0 fully saturated rings. The van der Waals surface area contributed by atoms with Crippen LogP contribution in [0.3, 0.4) is 0 Å². The third-order valence-electron chi connectivity index (χ3n) is 8.40. The van der Waals surface area contributed by atoms with Gasteiger partial charge in [-0.3, -0.25) is 0 Å². The Kier molecular flexibility index (Phi) is 32.5. The molecule has 0 nitrogen and oxygen atoms in total. The zero-order valence-corrected chi connectivity index (χ0v) is 33.6. The standard InChI is InChI=1S/C38H58S2.3C2H6/c1-3-5-7-9-11-13-15-17-19-21-23-33-29-37(39-31-33)35-25-27-36(28-26-35)38-30-34(32-40-38)24-22-20-18-16-14-12-10-8-6-4-2;3*1-2/h25-32H,3-24H2,1-2H3;3*1-2H3. The van der Waals surface area contributed by atoms with Gasteiger partial charge in [0.05, 0.1) is 0 Å². The third kappa shape index (κ3) is 21.5. The van der Waals surface area contributed by atoms with Crippen molar-refractivity contribution < 1.29 is 0 Å². The van der Waals surface area contributed by atoms with Gasteiger partial charge in [-0.15, -0.1) is 22.7 Å². The van der Waals surface area contributed by atoms with Gasteiger partial charge in [0.25, 0.3) is 0 Å². The zero-order chi connectivity index (χ0) is 34.1. The summed E-state index contributed by atoms with van der Waals surface area (Å²) >= 11 is 3.82. The average molecular weight is 669 g/mol. The summed E-state index contributed by atoms with van der Waals surface area (Å²) in [5.74, 6) is 0. The summed E-state index contributed by atoms with van der Waals surface area (Å²) in [4.78, 5) is 2.84. The van der Waals surface area contributed by atoms with E-state index in [-0.39, 0.29) is 0 Å². The molecule has 0 bridgehead atoms. The predicted octanol–water partition coefficient (Wildman–Crippen LogP) is 17.1. The number of hydrogen-bond acceptors (Lipinski definition) is 2. The van der Waals surface area contributed by atoms with Crippen LogP contribution in [-0.2, 0) is 12.8 Å². The molecule has 0 saturated heterocycles. The van der Waals surface area contributed by atoms with E-state index < -0.39 is 0 Å². The minimum Gasteiger partial charge on any atom is -0.144 e. The minimum absolute atomic E-state index is 1.24. The van der Waals surface area contributed by atoms with Crippen LogP contribution in [0.15, 0.2) is 47.2 Å². The highest BCUT2D eigenvalue weighted by Gasteiger charge is 2.07. The molecule has 0 unspecified atom stereocenters. The van der Waals surface area contributed by atoms with E-state index in [1.165, 1.54) is 173 Å². The molecule has 264 valence electrons. The highest BCUT2D eigenvalue weighted by Crippen LogP contribution is 2.33. The van der Waals surface area contributed by atoms with Gasteiger partial charge in [0.2, 0.25) is 0 Å². The summed E-state index contributed by atoms with van der Waals surface area (Å²) < 4.78 is 0. The molecule has 2 aromatic heterocycles. The number of benzene rings is 1. The molecule has 0 N–H and O–H groups in total. The summed E-state index contributed by atoms with van der Waals surface area (Å²) in [7, 11) is 0. The van der Waals surface area contributed by atoms with E-state index in [1.54, 1.807) is 0 Å². The van der Waals surface area contributed by atoms with E-state index in [0.717, 1.165) is 0 Å². The molecule has 0 amide bonds.